The van der Waals surface area contributed by atoms with Gasteiger partial charge in [-0.2, -0.15) is 0 Å². The molecule has 0 amide bonds. The number of hydrogen-bond acceptors (Lipinski definition) is 6. The number of ether oxygens (including phenoxy) is 1. The van der Waals surface area contributed by atoms with Crippen molar-refractivity contribution in [1.29, 1.82) is 0 Å². The molecule has 7 nitrogen and oxygen atoms in total. The molecule has 90 valence electrons. The first-order valence-corrected chi connectivity index (χ1v) is 5.38. The van der Waals surface area contributed by atoms with Gasteiger partial charge in [0.1, 0.15) is 0 Å². The highest BCUT2D eigenvalue weighted by Crippen LogP contribution is 2.45. The van der Waals surface area contributed by atoms with Crippen molar-refractivity contribution >= 4 is 19.8 Å². The molecular weight excluding hydrogens is 239 g/mol. The molecule has 0 fully saturated rings. The molecule has 0 aliphatic carbocycles. The van der Waals surface area contributed by atoms with Gasteiger partial charge >= 0.3 is 19.8 Å². The van der Waals surface area contributed by atoms with Gasteiger partial charge in [0, 0.05) is 5.57 Å². The summed E-state index contributed by atoms with van der Waals surface area (Å²) in [5.41, 5.74) is -0.0958. The van der Waals surface area contributed by atoms with Gasteiger partial charge in [-0.3, -0.25) is 4.89 Å². The minimum atomic E-state index is -4.74. The van der Waals surface area contributed by atoms with Crippen LogP contribution in [-0.2, 0) is 27.9 Å². The predicted molar refractivity (Wildman–Crippen MR) is 53.0 cm³/mol. The quantitative estimate of drug-likeness (QED) is 0.335. The van der Waals surface area contributed by atoms with Crippen molar-refractivity contribution in [3.63, 3.8) is 0 Å². The molecule has 1 N–H and O–H groups in total. The molecule has 0 saturated heterocycles. The number of carbonyl (C=O) groups is 2. The smallest absolute Gasteiger partial charge is 0.463 e. The van der Waals surface area contributed by atoms with Crippen LogP contribution in [-0.4, -0.2) is 23.9 Å². The van der Waals surface area contributed by atoms with Gasteiger partial charge in [0.05, 0.1) is 7.11 Å². The third-order valence-corrected chi connectivity index (χ3v) is 2.03. The van der Waals surface area contributed by atoms with E-state index in [2.05, 4.69) is 26.9 Å². The molecule has 16 heavy (non-hydrogen) atoms. The Labute approximate surface area is 91.9 Å². The molecule has 0 aliphatic heterocycles. The zero-order valence-corrected chi connectivity index (χ0v) is 9.65. The molecule has 0 aromatic rings. The maximum absolute atomic E-state index is 11.1. The van der Waals surface area contributed by atoms with Gasteiger partial charge in [0.15, 0.2) is 0 Å². The Bertz CT molecular complexity index is 384. The summed E-state index contributed by atoms with van der Waals surface area (Å²) in [5.74, 6) is -2.92. The van der Waals surface area contributed by atoms with Crippen LogP contribution in [0.2, 0.25) is 0 Å². The number of hydrogen-bond donors (Lipinski definition) is 1. The highest BCUT2D eigenvalue weighted by Gasteiger charge is 2.30. The molecule has 0 aromatic carbocycles. The minimum absolute atomic E-state index is 0.0958. The van der Waals surface area contributed by atoms with Crippen molar-refractivity contribution in [1.82, 2.24) is 0 Å². The molecule has 8 heteroatoms. The average molecular weight is 250 g/mol. The Morgan fingerprint density at radius 1 is 1.19 bits per heavy atom. The maximum Gasteiger partial charge on any atom is 0.587 e. The molecule has 0 rings (SSSR count). The molecule has 0 heterocycles. The third kappa shape index (κ3) is 4.77. The zero-order chi connectivity index (χ0) is 12.9. The molecule has 1 unspecified atom stereocenters. The van der Waals surface area contributed by atoms with Gasteiger partial charge in [0.2, 0.25) is 5.76 Å². The lowest BCUT2D eigenvalue weighted by Gasteiger charge is -2.12. The molecular formula is C8H11O7P. The molecule has 0 radical (unpaired) electrons. The number of phosphoric acid groups is 1. The fraction of sp³-hybridized carbons (Fsp3) is 0.250. The zero-order valence-electron chi connectivity index (χ0n) is 8.76. The van der Waals surface area contributed by atoms with E-state index >= 15 is 0 Å². The molecule has 0 saturated carbocycles. The van der Waals surface area contributed by atoms with Crippen molar-refractivity contribution in [2.45, 2.75) is 6.92 Å². The van der Waals surface area contributed by atoms with Crippen LogP contribution >= 0.6 is 7.82 Å². The van der Waals surface area contributed by atoms with Crippen molar-refractivity contribution in [2.24, 2.45) is 0 Å². The summed E-state index contributed by atoms with van der Waals surface area (Å²) >= 11 is 0. The Morgan fingerprint density at radius 3 is 2.06 bits per heavy atom. The summed E-state index contributed by atoms with van der Waals surface area (Å²) < 4.78 is 23.5. The lowest BCUT2D eigenvalue weighted by molar-refractivity contribution is -0.140. The SMILES string of the molecule is C=C(C)C(=O)OP(=O)(O)OC(=C)C(=O)OC. The van der Waals surface area contributed by atoms with Crippen molar-refractivity contribution < 1.29 is 32.8 Å². The van der Waals surface area contributed by atoms with Gasteiger partial charge in [-0.25, -0.2) is 14.2 Å². The van der Waals surface area contributed by atoms with E-state index < -0.39 is 25.5 Å². The Hall–Kier alpha value is -1.59. The summed E-state index contributed by atoms with van der Waals surface area (Å²) in [6, 6.07) is 0. The van der Waals surface area contributed by atoms with E-state index in [1.54, 1.807) is 0 Å². The summed E-state index contributed by atoms with van der Waals surface area (Å²) in [5, 5.41) is 0. The standard InChI is InChI=1S/C8H11O7P/c1-5(2)7(9)15-16(11,12)14-6(3)8(10)13-4/h1,3H2,2,4H3,(H,11,12). The van der Waals surface area contributed by atoms with Crippen LogP contribution in [0.25, 0.3) is 0 Å². The van der Waals surface area contributed by atoms with Crippen LogP contribution in [0.4, 0.5) is 0 Å². The summed E-state index contributed by atoms with van der Waals surface area (Å²) in [7, 11) is -3.71. The van der Waals surface area contributed by atoms with Crippen LogP contribution in [0.15, 0.2) is 24.5 Å². The Morgan fingerprint density at radius 2 is 1.69 bits per heavy atom. The van der Waals surface area contributed by atoms with Gasteiger partial charge in [-0.05, 0) is 13.5 Å². The second kappa shape index (κ2) is 5.48. The van der Waals surface area contributed by atoms with Gasteiger partial charge < -0.3 is 13.8 Å². The minimum Gasteiger partial charge on any atom is -0.463 e. The summed E-state index contributed by atoms with van der Waals surface area (Å²) in [6.45, 7) is 7.49. The van der Waals surface area contributed by atoms with Gasteiger partial charge in [0.25, 0.3) is 0 Å². The van der Waals surface area contributed by atoms with Crippen LogP contribution in [0, 0.1) is 0 Å². The molecule has 0 aromatic heterocycles. The Kier molecular flexibility index (Phi) is 4.94. The fourth-order valence-electron chi connectivity index (χ4n) is 0.492. The van der Waals surface area contributed by atoms with Crippen molar-refractivity contribution in [3.8, 4) is 0 Å². The normalized spacial score (nSPS) is 13.2. The third-order valence-electron chi connectivity index (χ3n) is 1.19. The van der Waals surface area contributed by atoms with E-state index in [1.807, 2.05) is 0 Å². The maximum atomic E-state index is 11.1. The number of methoxy groups -OCH3 is 1. The lowest BCUT2D eigenvalue weighted by atomic mass is 10.4. The van der Waals surface area contributed by atoms with E-state index in [9.17, 15) is 14.2 Å². The van der Waals surface area contributed by atoms with Crippen LogP contribution in [0.3, 0.4) is 0 Å². The first-order chi connectivity index (χ1) is 7.19. The largest absolute Gasteiger partial charge is 0.587 e. The van der Waals surface area contributed by atoms with Gasteiger partial charge in [-0.15, -0.1) is 0 Å². The molecule has 0 spiro atoms. The predicted octanol–water partition coefficient (Wildman–Crippen LogP) is 0.909. The summed E-state index contributed by atoms with van der Waals surface area (Å²) in [4.78, 5) is 30.7. The molecule has 0 aliphatic rings. The highest BCUT2D eigenvalue weighted by atomic mass is 31.2. The number of rotatable bonds is 5. The summed E-state index contributed by atoms with van der Waals surface area (Å²) in [6.07, 6.45) is 0. The molecule has 0 bridgehead atoms. The average Bonchev–Trinajstić information content (AvgIpc) is 2.14. The van der Waals surface area contributed by atoms with Crippen molar-refractivity contribution in [2.75, 3.05) is 7.11 Å². The molecule has 1 atom stereocenters. The van der Waals surface area contributed by atoms with E-state index in [-0.39, 0.29) is 5.57 Å². The first-order valence-electron chi connectivity index (χ1n) is 3.88. The van der Waals surface area contributed by atoms with E-state index in [1.165, 1.54) is 6.92 Å². The van der Waals surface area contributed by atoms with Crippen LogP contribution in [0.1, 0.15) is 6.92 Å². The van der Waals surface area contributed by atoms with Gasteiger partial charge in [-0.1, -0.05) is 6.58 Å². The van der Waals surface area contributed by atoms with Crippen LogP contribution < -0.4 is 0 Å². The van der Waals surface area contributed by atoms with Crippen molar-refractivity contribution in [3.05, 3.63) is 24.5 Å². The number of esters is 1. The van der Waals surface area contributed by atoms with E-state index in [0.29, 0.717) is 0 Å². The fourth-order valence-corrected chi connectivity index (χ4v) is 1.25. The Balaban J connectivity index is 4.53. The second-order valence-corrected chi connectivity index (χ2v) is 3.94. The van der Waals surface area contributed by atoms with E-state index in [4.69, 9.17) is 4.89 Å². The first kappa shape index (κ1) is 14.4. The van der Waals surface area contributed by atoms with E-state index in [0.717, 1.165) is 7.11 Å². The monoisotopic (exact) mass is 250 g/mol. The topological polar surface area (TPSA) is 99.1 Å². The van der Waals surface area contributed by atoms with Crippen LogP contribution in [0.5, 0.6) is 0 Å². The number of carbonyl (C=O) groups excluding carboxylic acids is 2. The second-order valence-electron chi connectivity index (χ2n) is 2.63. The lowest BCUT2D eigenvalue weighted by Crippen LogP contribution is -2.09. The highest BCUT2D eigenvalue weighted by molar-refractivity contribution is 7.48. The number of phosphoric ester groups is 1.